The van der Waals surface area contributed by atoms with Gasteiger partial charge in [0, 0.05) is 18.2 Å². The largest absolute Gasteiger partial charge is 0.496 e. The summed E-state index contributed by atoms with van der Waals surface area (Å²) < 4.78 is 6.25. The van der Waals surface area contributed by atoms with Gasteiger partial charge in [-0.25, -0.2) is 0 Å². The maximum atomic E-state index is 12.9. The van der Waals surface area contributed by atoms with Gasteiger partial charge in [-0.3, -0.25) is 9.59 Å². The van der Waals surface area contributed by atoms with Crippen LogP contribution in [0.25, 0.3) is 0 Å². The van der Waals surface area contributed by atoms with Gasteiger partial charge in [0.2, 0.25) is 5.91 Å². The van der Waals surface area contributed by atoms with E-state index < -0.39 is 5.41 Å². The molecule has 2 N–H and O–H groups in total. The van der Waals surface area contributed by atoms with Crippen molar-refractivity contribution in [3.05, 3.63) is 63.1 Å². The number of methoxy groups -OCH3 is 1. The number of benzene rings is 2. The maximum absolute atomic E-state index is 12.9. The maximum Gasteiger partial charge on any atom is 0.254 e. The van der Waals surface area contributed by atoms with Gasteiger partial charge in [0.25, 0.3) is 5.91 Å². The highest BCUT2D eigenvalue weighted by Crippen LogP contribution is 2.44. The number of carbonyl (C=O) groups excluding carboxylic acids is 2. The fourth-order valence-corrected chi connectivity index (χ4v) is 5.25. The number of rotatable bonds is 4. The fourth-order valence-electron chi connectivity index (χ4n) is 4.85. The molecule has 29 heavy (non-hydrogen) atoms. The van der Waals surface area contributed by atoms with Crippen molar-refractivity contribution in [3.8, 4) is 5.75 Å². The van der Waals surface area contributed by atoms with Crippen LogP contribution in [0.5, 0.6) is 5.75 Å². The van der Waals surface area contributed by atoms with Crippen LogP contribution >= 0.6 is 15.9 Å². The highest BCUT2D eigenvalue weighted by Gasteiger charge is 2.45. The summed E-state index contributed by atoms with van der Waals surface area (Å²) in [6.45, 7) is 2.71. The third-order valence-electron chi connectivity index (χ3n) is 6.65. The van der Waals surface area contributed by atoms with E-state index in [1.54, 1.807) is 7.11 Å². The number of fused-ring (bicyclic) bond motifs is 1. The van der Waals surface area contributed by atoms with Crippen LogP contribution in [0.3, 0.4) is 0 Å². The molecule has 1 fully saturated rings. The molecule has 0 spiro atoms. The zero-order chi connectivity index (χ0) is 20.8. The van der Waals surface area contributed by atoms with Crippen LogP contribution in [0.15, 0.2) is 40.9 Å². The Morgan fingerprint density at radius 1 is 1.24 bits per heavy atom. The van der Waals surface area contributed by atoms with Crippen molar-refractivity contribution in [1.29, 1.82) is 0 Å². The molecule has 0 radical (unpaired) electrons. The highest BCUT2D eigenvalue weighted by atomic mass is 79.9. The number of carbonyl (C=O) groups is 2. The molecule has 0 saturated heterocycles. The van der Waals surface area contributed by atoms with Crippen LogP contribution in [-0.4, -0.2) is 29.9 Å². The normalized spacial score (nSPS) is 23.8. The lowest BCUT2D eigenvalue weighted by Crippen LogP contribution is -2.48. The Kier molecular flexibility index (Phi) is 5.15. The molecule has 2 aliphatic rings. The molecule has 1 aliphatic carbocycles. The summed E-state index contributed by atoms with van der Waals surface area (Å²) in [5.41, 5.74) is 9.16. The number of aryl methyl sites for hydroxylation is 1. The van der Waals surface area contributed by atoms with Gasteiger partial charge in [0.1, 0.15) is 5.75 Å². The minimum Gasteiger partial charge on any atom is -0.496 e. The van der Waals surface area contributed by atoms with E-state index in [9.17, 15) is 9.59 Å². The van der Waals surface area contributed by atoms with Crippen molar-refractivity contribution in [2.75, 3.05) is 7.11 Å². The average molecular weight is 457 g/mol. The molecule has 1 aliphatic heterocycles. The van der Waals surface area contributed by atoms with Crippen LogP contribution in [0.1, 0.15) is 52.7 Å². The van der Waals surface area contributed by atoms with Crippen molar-refractivity contribution in [1.82, 2.24) is 4.90 Å². The van der Waals surface area contributed by atoms with E-state index in [1.807, 2.05) is 35.2 Å². The molecule has 2 amide bonds. The molecular formula is C23H25BrN2O3. The lowest BCUT2D eigenvalue weighted by molar-refractivity contribution is -0.125. The zero-order valence-electron chi connectivity index (χ0n) is 16.7. The highest BCUT2D eigenvalue weighted by molar-refractivity contribution is 9.10. The number of ether oxygens (including phenoxy) is 1. The molecule has 4 rings (SSSR count). The van der Waals surface area contributed by atoms with Crippen molar-refractivity contribution in [2.45, 2.75) is 50.6 Å². The van der Waals surface area contributed by atoms with Gasteiger partial charge in [0.05, 0.1) is 17.0 Å². The van der Waals surface area contributed by atoms with Gasteiger partial charge in [-0.15, -0.1) is 0 Å². The number of nitrogens with zero attached hydrogens (tertiary/aromatic N) is 1. The predicted octanol–water partition coefficient (Wildman–Crippen LogP) is 4.09. The molecule has 6 heteroatoms. The van der Waals surface area contributed by atoms with Crippen LogP contribution in [-0.2, 0) is 16.8 Å². The molecule has 2 aromatic carbocycles. The van der Waals surface area contributed by atoms with E-state index in [0.29, 0.717) is 25.1 Å². The number of amides is 2. The van der Waals surface area contributed by atoms with Crippen molar-refractivity contribution in [2.24, 2.45) is 5.73 Å². The molecule has 2 aromatic rings. The van der Waals surface area contributed by atoms with Gasteiger partial charge >= 0.3 is 0 Å². The molecule has 0 atom stereocenters. The van der Waals surface area contributed by atoms with E-state index in [0.717, 1.165) is 39.6 Å². The predicted molar refractivity (Wildman–Crippen MR) is 115 cm³/mol. The van der Waals surface area contributed by atoms with Crippen molar-refractivity contribution in [3.63, 3.8) is 0 Å². The smallest absolute Gasteiger partial charge is 0.254 e. The van der Waals surface area contributed by atoms with E-state index >= 15 is 0 Å². The van der Waals surface area contributed by atoms with E-state index in [4.69, 9.17) is 10.5 Å². The third-order valence-corrected chi connectivity index (χ3v) is 7.31. The number of halogens is 1. The summed E-state index contributed by atoms with van der Waals surface area (Å²) in [5.74, 6) is 0.476. The minimum atomic E-state index is -0.726. The van der Waals surface area contributed by atoms with Gasteiger partial charge in [-0.1, -0.05) is 18.2 Å². The number of nitrogens with two attached hydrogens (primary N) is 1. The van der Waals surface area contributed by atoms with Crippen LogP contribution in [0, 0.1) is 6.92 Å². The molecule has 1 saturated carbocycles. The van der Waals surface area contributed by atoms with Crippen LogP contribution in [0.2, 0.25) is 0 Å². The fraction of sp³-hybridized carbons (Fsp3) is 0.391. The Morgan fingerprint density at radius 2 is 1.97 bits per heavy atom. The second kappa shape index (κ2) is 7.48. The molecule has 0 aromatic heterocycles. The topological polar surface area (TPSA) is 72.6 Å². The number of hydrogen-bond acceptors (Lipinski definition) is 3. The van der Waals surface area contributed by atoms with E-state index in [-0.39, 0.29) is 17.9 Å². The summed E-state index contributed by atoms with van der Waals surface area (Å²) >= 11 is 3.46. The van der Waals surface area contributed by atoms with Crippen LogP contribution in [0.4, 0.5) is 0 Å². The van der Waals surface area contributed by atoms with Gasteiger partial charge < -0.3 is 15.4 Å². The van der Waals surface area contributed by atoms with E-state index in [1.165, 1.54) is 0 Å². The first-order chi connectivity index (χ1) is 13.9. The van der Waals surface area contributed by atoms with Crippen LogP contribution < -0.4 is 10.5 Å². The SMILES string of the molecule is COc1cc(C2(C(N)=O)CCC(N3Cc4c(C)cccc4C3=O)CC2)ccc1Br. The lowest BCUT2D eigenvalue weighted by Gasteiger charge is -2.41. The molecular weight excluding hydrogens is 432 g/mol. The molecule has 5 nitrogen and oxygen atoms in total. The summed E-state index contributed by atoms with van der Waals surface area (Å²) in [6, 6.07) is 11.8. The first-order valence-electron chi connectivity index (χ1n) is 9.91. The zero-order valence-corrected chi connectivity index (χ0v) is 18.3. The Balaban J connectivity index is 1.57. The minimum absolute atomic E-state index is 0.102. The first kappa shape index (κ1) is 20.0. The summed E-state index contributed by atoms with van der Waals surface area (Å²) in [7, 11) is 1.61. The van der Waals surface area contributed by atoms with Gasteiger partial charge in [-0.2, -0.15) is 0 Å². The quantitative estimate of drug-likeness (QED) is 0.752. The standard InChI is InChI=1S/C23H25BrN2O3/c1-14-4-3-5-17-18(14)13-26(21(17)27)16-8-10-23(11-9-16,22(25)28)15-6-7-19(24)20(12-15)29-2/h3-7,12,16H,8-11,13H2,1-2H3,(H2,25,28). The second-order valence-electron chi connectivity index (χ2n) is 8.06. The molecule has 152 valence electrons. The Bertz CT molecular complexity index is 980. The lowest BCUT2D eigenvalue weighted by atomic mass is 9.67. The van der Waals surface area contributed by atoms with Gasteiger partial charge in [0.15, 0.2) is 0 Å². The Hall–Kier alpha value is -2.34. The Morgan fingerprint density at radius 3 is 2.59 bits per heavy atom. The number of hydrogen-bond donors (Lipinski definition) is 1. The van der Waals surface area contributed by atoms with E-state index in [2.05, 4.69) is 28.9 Å². The number of primary amides is 1. The molecule has 0 unspecified atom stereocenters. The average Bonchev–Trinajstić information content (AvgIpc) is 3.06. The summed E-state index contributed by atoms with van der Waals surface area (Å²) in [5, 5.41) is 0. The van der Waals surface area contributed by atoms with Crippen molar-refractivity contribution >= 4 is 27.7 Å². The summed E-state index contributed by atoms with van der Waals surface area (Å²) in [6.07, 6.45) is 2.74. The molecule has 1 heterocycles. The second-order valence-corrected chi connectivity index (χ2v) is 8.92. The monoisotopic (exact) mass is 456 g/mol. The van der Waals surface area contributed by atoms with Gasteiger partial charge in [-0.05, 0) is 83.4 Å². The summed E-state index contributed by atoms with van der Waals surface area (Å²) in [4.78, 5) is 27.5. The Labute approximate surface area is 179 Å². The first-order valence-corrected chi connectivity index (χ1v) is 10.7. The van der Waals surface area contributed by atoms with Crippen molar-refractivity contribution < 1.29 is 14.3 Å². The third kappa shape index (κ3) is 3.23. The molecule has 0 bridgehead atoms.